The number of rotatable bonds is 23. The number of hydrogen-bond donors (Lipinski definition) is 10. The lowest BCUT2D eigenvalue weighted by atomic mass is 9.96. The second-order valence-electron chi connectivity index (χ2n) is 13.4. The lowest BCUT2D eigenvalue weighted by Crippen LogP contribution is -2.58. The number of carboxylic acids is 2. The summed E-state index contributed by atoms with van der Waals surface area (Å²) >= 11 is 0. The van der Waals surface area contributed by atoms with Crippen LogP contribution in [0.2, 0.25) is 0 Å². The number of benzene rings is 1. The van der Waals surface area contributed by atoms with Gasteiger partial charge in [0, 0.05) is 12.8 Å². The molecule has 7 atom stereocenters. The third-order valence-electron chi connectivity index (χ3n) is 7.86. The van der Waals surface area contributed by atoms with E-state index in [1.807, 2.05) is 13.8 Å². The highest BCUT2D eigenvalue weighted by molar-refractivity contribution is 5.95. The zero-order valence-corrected chi connectivity index (χ0v) is 30.1. The van der Waals surface area contributed by atoms with Crippen LogP contribution in [-0.2, 0) is 44.8 Å². The van der Waals surface area contributed by atoms with Gasteiger partial charge in [-0.05, 0) is 37.2 Å². The van der Waals surface area contributed by atoms with Crippen LogP contribution >= 0.6 is 0 Å². The van der Waals surface area contributed by atoms with Gasteiger partial charge in [-0.3, -0.25) is 33.6 Å². The molecule has 18 nitrogen and oxygen atoms in total. The fourth-order valence-corrected chi connectivity index (χ4v) is 5.04. The lowest BCUT2D eigenvalue weighted by molar-refractivity contribution is -0.143. The molecule has 290 valence electrons. The molecule has 18 heteroatoms. The van der Waals surface area contributed by atoms with E-state index in [2.05, 4.69) is 26.6 Å². The standard InChI is InChI=1S/C34H53N7O11/c1-17(2)13-23(39-31(48)21(35)15-26(36)43)25(42)16-27(44)41-29(18(3)4)33(50)37-19(5)30(47)38-22(11-12-28(45)46)32(49)40-24(34(51)52)14-20-9-7-6-8-10-20/h6-10,17-19,21-25,29,42H,11-16,35H2,1-5H3,(H2,36,43)(H,37,50)(H,38,47)(H,39,48)(H,40,49)(H,41,44)(H,45,46)(H,51,52)/t19-,21-,22-,23?,24-,25?,29-/m0/s1. The average Bonchev–Trinajstić information content (AvgIpc) is 3.04. The molecule has 6 amide bonds. The van der Waals surface area contributed by atoms with Gasteiger partial charge < -0.3 is 53.4 Å². The van der Waals surface area contributed by atoms with Crippen LogP contribution < -0.4 is 38.1 Å². The maximum absolute atomic E-state index is 13.2. The number of aliphatic hydroxyl groups is 1. The fraction of sp³-hybridized carbons (Fsp3) is 0.588. The first-order chi connectivity index (χ1) is 24.2. The van der Waals surface area contributed by atoms with E-state index < -0.39 is 115 Å². The first-order valence-corrected chi connectivity index (χ1v) is 16.9. The molecule has 0 saturated heterocycles. The van der Waals surface area contributed by atoms with Crippen molar-refractivity contribution in [3.05, 3.63) is 35.9 Å². The quantitative estimate of drug-likeness (QED) is 0.0600. The maximum atomic E-state index is 13.2. The predicted molar refractivity (Wildman–Crippen MR) is 187 cm³/mol. The van der Waals surface area contributed by atoms with Crippen molar-refractivity contribution in [2.45, 2.75) is 115 Å². The topological polar surface area (TPSA) is 309 Å². The molecular formula is C34H53N7O11. The largest absolute Gasteiger partial charge is 0.481 e. The van der Waals surface area contributed by atoms with Gasteiger partial charge in [0.1, 0.15) is 24.2 Å². The third kappa shape index (κ3) is 16.7. The van der Waals surface area contributed by atoms with Gasteiger partial charge in [0.05, 0.1) is 31.0 Å². The van der Waals surface area contributed by atoms with E-state index in [9.17, 15) is 53.7 Å². The van der Waals surface area contributed by atoms with Gasteiger partial charge in [-0.1, -0.05) is 58.0 Å². The summed E-state index contributed by atoms with van der Waals surface area (Å²) in [6, 6.07) is 0.922. The summed E-state index contributed by atoms with van der Waals surface area (Å²) in [6.45, 7) is 8.18. The van der Waals surface area contributed by atoms with Crippen molar-refractivity contribution in [2.75, 3.05) is 0 Å². The summed E-state index contributed by atoms with van der Waals surface area (Å²) in [5, 5.41) is 41.9. The van der Waals surface area contributed by atoms with Gasteiger partial charge in [0.15, 0.2) is 0 Å². The molecule has 1 aromatic carbocycles. The van der Waals surface area contributed by atoms with Crippen LogP contribution in [0.5, 0.6) is 0 Å². The Morgan fingerprint density at radius 2 is 1.33 bits per heavy atom. The normalized spacial score (nSPS) is 15.2. The second kappa shape index (κ2) is 22.0. The van der Waals surface area contributed by atoms with Crippen LogP contribution in [-0.4, -0.2) is 105 Å². The van der Waals surface area contributed by atoms with Crippen molar-refractivity contribution in [3.8, 4) is 0 Å². The molecule has 1 rings (SSSR count). The van der Waals surface area contributed by atoms with Crippen molar-refractivity contribution >= 4 is 47.4 Å². The Labute approximate surface area is 302 Å². The Balaban J connectivity index is 2.96. The molecule has 0 spiro atoms. The van der Waals surface area contributed by atoms with Crippen molar-refractivity contribution in [2.24, 2.45) is 23.3 Å². The lowest BCUT2D eigenvalue weighted by Gasteiger charge is -2.28. The molecule has 0 bridgehead atoms. The number of aliphatic hydroxyl groups excluding tert-OH is 1. The molecule has 1 aromatic rings. The Bertz CT molecular complexity index is 1410. The summed E-state index contributed by atoms with van der Waals surface area (Å²) in [5.41, 5.74) is 11.4. The van der Waals surface area contributed by atoms with E-state index in [1.54, 1.807) is 44.2 Å². The number of aliphatic carboxylic acids is 2. The number of carbonyl (C=O) groups is 8. The van der Waals surface area contributed by atoms with Crippen LogP contribution in [0.3, 0.4) is 0 Å². The van der Waals surface area contributed by atoms with Crippen LogP contribution in [0.15, 0.2) is 30.3 Å². The Morgan fingerprint density at radius 3 is 1.85 bits per heavy atom. The van der Waals surface area contributed by atoms with Crippen LogP contribution in [0, 0.1) is 11.8 Å². The van der Waals surface area contributed by atoms with E-state index in [0.29, 0.717) is 5.56 Å². The minimum atomic E-state index is -1.47. The molecule has 0 aliphatic rings. The van der Waals surface area contributed by atoms with E-state index in [-0.39, 0.29) is 25.2 Å². The number of hydrogen-bond acceptors (Lipinski definition) is 10. The van der Waals surface area contributed by atoms with E-state index >= 15 is 0 Å². The first kappa shape index (κ1) is 44.9. The van der Waals surface area contributed by atoms with E-state index in [4.69, 9.17) is 11.5 Å². The minimum Gasteiger partial charge on any atom is -0.481 e. The second-order valence-corrected chi connectivity index (χ2v) is 13.4. The number of nitrogens with two attached hydrogens (primary N) is 2. The maximum Gasteiger partial charge on any atom is 0.326 e. The van der Waals surface area contributed by atoms with E-state index in [1.165, 1.54) is 6.92 Å². The van der Waals surface area contributed by atoms with Gasteiger partial charge in [-0.2, -0.15) is 0 Å². The summed E-state index contributed by atoms with van der Waals surface area (Å²) in [6.07, 6.45) is -3.11. The van der Waals surface area contributed by atoms with Gasteiger partial charge >= 0.3 is 11.9 Å². The zero-order chi connectivity index (χ0) is 39.7. The highest BCUT2D eigenvalue weighted by Crippen LogP contribution is 2.13. The molecule has 2 unspecified atom stereocenters. The molecule has 0 fully saturated rings. The third-order valence-corrected chi connectivity index (χ3v) is 7.86. The fourth-order valence-electron chi connectivity index (χ4n) is 5.04. The van der Waals surface area contributed by atoms with Crippen molar-refractivity contribution in [1.29, 1.82) is 0 Å². The van der Waals surface area contributed by atoms with Gasteiger partial charge in [0.2, 0.25) is 35.4 Å². The highest BCUT2D eigenvalue weighted by atomic mass is 16.4. The molecule has 52 heavy (non-hydrogen) atoms. The Hall–Kier alpha value is -5.10. The first-order valence-electron chi connectivity index (χ1n) is 16.9. The highest BCUT2D eigenvalue weighted by Gasteiger charge is 2.32. The van der Waals surface area contributed by atoms with E-state index in [0.717, 1.165) is 0 Å². The number of primary amides is 1. The smallest absolute Gasteiger partial charge is 0.326 e. The summed E-state index contributed by atoms with van der Waals surface area (Å²) < 4.78 is 0. The monoisotopic (exact) mass is 735 g/mol. The number of carboxylic acid groups (broad SMARTS) is 2. The van der Waals surface area contributed by atoms with Crippen LogP contribution in [0.25, 0.3) is 0 Å². The summed E-state index contributed by atoms with van der Waals surface area (Å²) in [5.74, 6) is -8.06. The van der Waals surface area contributed by atoms with Crippen molar-refractivity contribution in [3.63, 3.8) is 0 Å². The molecule has 12 N–H and O–H groups in total. The Kier molecular flexibility index (Phi) is 19.0. The van der Waals surface area contributed by atoms with Gasteiger partial charge in [-0.15, -0.1) is 0 Å². The molecule has 0 radical (unpaired) electrons. The number of carbonyl (C=O) groups excluding carboxylic acids is 6. The van der Waals surface area contributed by atoms with Gasteiger partial charge in [-0.25, -0.2) is 4.79 Å². The predicted octanol–water partition coefficient (Wildman–Crippen LogP) is -1.72. The molecule has 0 aliphatic heterocycles. The van der Waals surface area contributed by atoms with Gasteiger partial charge in [0.25, 0.3) is 0 Å². The number of nitrogens with one attached hydrogen (secondary N) is 5. The molecular weight excluding hydrogens is 682 g/mol. The minimum absolute atomic E-state index is 0.0279. The Morgan fingerprint density at radius 1 is 0.731 bits per heavy atom. The summed E-state index contributed by atoms with van der Waals surface area (Å²) in [4.78, 5) is 99.2. The summed E-state index contributed by atoms with van der Waals surface area (Å²) in [7, 11) is 0. The zero-order valence-electron chi connectivity index (χ0n) is 30.1. The molecule has 0 saturated carbocycles. The molecule has 0 aromatic heterocycles. The SMILES string of the molecule is CC(C)CC(NC(=O)[C@@H](N)CC(N)=O)C(O)CC(=O)N[C@H](C(=O)N[C@@H](C)C(=O)N[C@@H](CCC(=O)O)C(=O)N[C@@H](Cc1ccccc1)C(=O)O)C(C)C. The van der Waals surface area contributed by atoms with Crippen molar-refractivity contribution in [1.82, 2.24) is 26.6 Å². The van der Waals surface area contributed by atoms with Crippen LogP contribution in [0.1, 0.15) is 72.3 Å². The van der Waals surface area contributed by atoms with Crippen molar-refractivity contribution < 1.29 is 53.7 Å². The van der Waals surface area contributed by atoms with Crippen LogP contribution in [0.4, 0.5) is 0 Å². The number of amides is 6. The average molecular weight is 736 g/mol. The molecule has 0 heterocycles. The molecule has 0 aliphatic carbocycles.